The van der Waals surface area contributed by atoms with E-state index in [2.05, 4.69) is 18.9 Å². The van der Waals surface area contributed by atoms with E-state index in [-0.39, 0.29) is 113 Å². The number of rotatable bonds is 46. The molecule has 0 amide bonds. The van der Waals surface area contributed by atoms with Crippen molar-refractivity contribution in [1.82, 2.24) is 0 Å². The van der Waals surface area contributed by atoms with Crippen LogP contribution in [-0.2, 0) is 185 Å². The first-order chi connectivity index (χ1) is 64.0. The lowest BCUT2D eigenvalue weighted by Gasteiger charge is -2.26. The smallest absolute Gasteiger partial charge is 0.367 e. The molecule has 138 heavy (non-hydrogen) atoms. The molecule has 35 nitrogen and oxygen atoms in total. The maximum absolute atomic E-state index is 12.9. The summed E-state index contributed by atoms with van der Waals surface area (Å²) in [6, 6.07) is 17.4. The van der Waals surface area contributed by atoms with Crippen molar-refractivity contribution >= 4 is 189 Å². The fraction of sp³-hybridized carbons (Fsp3) is 0.488. The Labute approximate surface area is 808 Å². The van der Waals surface area contributed by atoms with E-state index in [1.165, 1.54) is 0 Å². The van der Waals surface area contributed by atoms with Crippen molar-refractivity contribution in [3.63, 3.8) is 0 Å². The van der Waals surface area contributed by atoms with E-state index in [0.29, 0.717) is 119 Å². The molecule has 5 aromatic carbocycles. The van der Waals surface area contributed by atoms with Crippen LogP contribution in [0, 0.1) is 46.5 Å². The second kappa shape index (κ2) is 58.5. The number of halogens is 6. The molecule has 734 valence electrons. The second-order valence-corrected chi connectivity index (χ2v) is 37.4. The third kappa shape index (κ3) is 44.8. The topological polar surface area (TPSA) is 549 Å². The Morgan fingerprint density at radius 2 is 0.558 bits per heavy atom. The summed E-state index contributed by atoms with van der Waals surface area (Å²) < 4.78 is 281. The van der Waals surface area contributed by atoms with Gasteiger partial charge in [-0.05, 0) is 135 Å². The average Bonchev–Trinajstić information content (AvgIpc) is 0.810. The van der Waals surface area contributed by atoms with Crippen LogP contribution >= 0.6 is 0 Å². The Hall–Kier alpha value is -9.68. The molecule has 1 fully saturated rings. The number of alkyl halides is 6. The third-order valence-electron chi connectivity index (χ3n) is 18.9. The van der Waals surface area contributed by atoms with Crippen molar-refractivity contribution in [2.45, 2.75) is 197 Å². The van der Waals surface area contributed by atoms with Gasteiger partial charge in [-0.15, -0.1) is 0 Å². The zero-order valence-electron chi connectivity index (χ0n) is 75.2. The van der Waals surface area contributed by atoms with Crippen LogP contribution in [-0.4, -0.2) is 263 Å². The molecular weight excluding hydrogens is 1930 g/mol. The highest BCUT2D eigenvalue weighted by Gasteiger charge is 2.42. The molecule has 0 N–H and O–H groups in total. The Bertz CT molecular complexity index is 5700. The van der Waals surface area contributed by atoms with E-state index >= 15 is 0 Å². The van der Waals surface area contributed by atoms with Crippen LogP contribution in [0.3, 0.4) is 0 Å². The molecule has 0 aromatic heterocycles. The van der Waals surface area contributed by atoms with Crippen molar-refractivity contribution in [3.8, 4) is 28.7 Å². The molecule has 0 spiro atoms. The number of carbonyl (C=O) groups is 10. The van der Waals surface area contributed by atoms with Gasteiger partial charge < -0.3 is 70.1 Å². The molecule has 20 radical (unpaired) electrons. The van der Waals surface area contributed by atoms with Crippen molar-refractivity contribution in [2.75, 3.05) is 44.5 Å². The van der Waals surface area contributed by atoms with Crippen LogP contribution in [0.2, 0.25) is 0 Å². The number of esters is 10. The zero-order valence-corrected chi connectivity index (χ0v) is 79.2. The zero-order chi connectivity index (χ0) is 105. The van der Waals surface area contributed by atoms with E-state index in [1.54, 1.807) is 70.2 Å². The van der Waals surface area contributed by atoms with E-state index in [1.807, 2.05) is 25.1 Å². The fourth-order valence-electron chi connectivity index (χ4n) is 11.9. The number of hydrogen-bond donors (Lipinski definition) is 0. The van der Waals surface area contributed by atoms with Gasteiger partial charge in [0.1, 0.15) is 42.0 Å². The van der Waals surface area contributed by atoms with Gasteiger partial charge in [0.2, 0.25) is 0 Å². The van der Waals surface area contributed by atoms with E-state index < -0.39 is 183 Å². The molecule has 6 rings (SSSR count). The van der Waals surface area contributed by atoms with Crippen LogP contribution in [0.25, 0.3) is 0 Å². The highest BCUT2D eigenvalue weighted by molar-refractivity contribution is 7.87. The quantitative estimate of drug-likeness (QED) is 0.00766. The standard InChI is InChI=1S/C19H24B2O7S.C17H20B2F2O7S.C16H20B2O7S.C15H16B2F2O7S.C15H14B2F2O7S/c1-12-8-13(10-20)9-16(11-21)17(12)28-19(23)15-4-2-14(3-5-15)18(22)27-6-7-29(24,25)26;1-11-6-12(8-18)7-13(9-19)16(11)28-15(23)5-3-2-4-14(22)27-10-17(20,21)29(24,25)26;1-11-7-12(9-17)8-13(10-18)16(11)25-15(20)4-2-3-14(19)24-5-6-26(21,22)23;2*1-9-4-10(6-16)5-11(7-17)14(9)26-13(21)3-2-12(20)25-8-15(18,19)27(22,23)24/h8-9,14-15H,2-7,10-11H2,1H3,(H,24,25,26);6-7H,2-5,8-10H2,1H3,(H,24,25,26);7-8H,2-6,9-10H2,1H3,(H,21,22,23);4-5H,2-3,6-8H2,1H3,(H,22,23,24);2-5H,6-8H2,1H3,(H,22,23,24)/p-5/b;;;;3-2+. The van der Waals surface area contributed by atoms with Gasteiger partial charge in [-0.1, -0.05) is 152 Å². The summed E-state index contributed by atoms with van der Waals surface area (Å²) in [5.41, 5.74) is 10.6. The van der Waals surface area contributed by atoms with Gasteiger partial charge in [0, 0.05) is 37.8 Å². The number of unbranched alkanes of at least 4 members (excludes halogenated alkanes) is 1. The first kappa shape index (κ1) is 124. The van der Waals surface area contributed by atoms with E-state index in [0.717, 1.165) is 38.9 Å². The maximum Gasteiger partial charge on any atom is 0.367 e. The molecule has 1 aliphatic carbocycles. The van der Waals surface area contributed by atoms with Gasteiger partial charge in [-0.25, -0.2) is 51.7 Å². The van der Waals surface area contributed by atoms with Gasteiger partial charge in [-0.3, -0.25) is 38.4 Å². The highest BCUT2D eigenvalue weighted by Crippen LogP contribution is 2.36. The summed E-state index contributed by atoms with van der Waals surface area (Å²) in [5.74, 6) is -9.19. The van der Waals surface area contributed by atoms with Crippen LogP contribution in [0.4, 0.5) is 26.3 Å². The molecule has 0 atom stereocenters. The minimum atomic E-state index is -5.99. The molecule has 0 bridgehead atoms. The molecule has 0 heterocycles. The van der Waals surface area contributed by atoms with E-state index in [9.17, 15) is 139 Å². The van der Waals surface area contributed by atoms with Gasteiger partial charge in [0.25, 0.3) is 0 Å². The fourth-order valence-corrected chi connectivity index (χ4v) is 13.1. The SMILES string of the molecule is [B]Cc1cc(C)c(OC(=O)/C=C/C(=O)OCC(F)(F)S(=O)(=O)[O-])c(C[B])c1.[B]Cc1cc(C)c(OC(=O)C2CCC(C(=O)OCCS(=O)(=O)[O-])CC2)c(C[B])c1.[B]Cc1cc(C)c(OC(=O)CCC(=O)OCC(F)(F)S(=O)(=O)[O-])c(C[B])c1.[B]Cc1cc(C)c(OC(=O)CCCC(=O)OCCS(=O)(=O)[O-])c(C[B])c1.[B]Cc1cc(C)c(OC(=O)CCCCC(=O)OCC(F)(F)S(=O)(=O)[O-])c(C[B])c1. The number of carbonyl (C=O) groups excluding carboxylic acids is 10. The minimum Gasteiger partial charge on any atom is -0.748 e. The Morgan fingerprint density at radius 3 is 0.870 bits per heavy atom. The van der Waals surface area contributed by atoms with Crippen LogP contribution in [0.1, 0.15) is 167 Å². The Morgan fingerprint density at radius 1 is 0.312 bits per heavy atom. The summed E-state index contributed by atoms with van der Waals surface area (Å²) in [5, 5.41) is -14.2. The van der Waals surface area contributed by atoms with Crippen molar-refractivity contribution < 1.29 is 187 Å². The van der Waals surface area contributed by atoms with Gasteiger partial charge in [0.15, 0.2) is 50.2 Å². The molecule has 56 heteroatoms. The number of hydrogen-bond acceptors (Lipinski definition) is 35. The average molecular weight is 2020 g/mol. The molecule has 5 aromatic rings. The van der Waals surface area contributed by atoms with Crippen molar-refractivity contribution in [1.29, 1.82) is 0 Å². The summed E-state index contributed by atoms with van der Waals surface area (Å²) in [7, 11) is 29.6. The Kier molecular flexibility index (Phi) is 52.7. The molecule has 1 saturated carbocycles. The molecule has 0 aliphatic heterocycles. The largest absolute Gasteiger partial charge is 0.748 e. The summed E-state index contributed by atoms with van der Waals surface area (Å²) >= 11 is 0. The lowest BCUT2D eigenvalue weighted by Crippen LogP contribution is -2.34. The predicted molar refractivity (Wildman–Crippen MR) is 483 cm³/mol. The predicted octanol–water partition coefficient (Wildman–Crippen LogP) is 4.28. The molecule has 0 saturated heterocycles. The van der Waals surface area contributed by atoms with Crippen LogP contribution in [0.15, 0.2) is 72.8 Å². The third-order valence-corrected chi connectivity index (χ3v) is 22.8. The summed E-state index contributed by atoms with van der Waals surface area (Å²) in [6.07, 6.45) is 3.78. The normalized spacial score (nSPS) is 13.4. The minimum absolute atomic E-state index is 0.0307. The van der Waals surface area contributed by atoms with Gasteiger partial charge in [0.05, 0.1) is 135 Å². The molecular formula is C82H89B10F6O35S5-5. The molecule has 0 unspecified atom stereocenters. The van der Waals surface area contributed by atoms with Gasteiger partial charge >= 0.3 is 75.5 Å². The lowest BCUT2D eigenvalue weighted by atomic mass is 9.82. The monoisotopic (exact) mass is 2020 g/mol. The summed E-state index contributed by atoms with van der Waals surface area (Å²) in [6.45, 7) is 1.96. The lowest BCUT2D eigenvalue weighted by molar-refractivity contribution is -0.152. The number of benzene rings is 5. The van der Waals surface area contributed by atoms with Crippen LogP contribution in [0.5, 0.6) is 28.7 Å². The molecule has 1 aliphatic rings. The van der Waals surface area contributed by atoms with Gasteiger partial charge in [-0.2, -0.15) is 26.3 Å². The first-order valence-electron chi connectivity index (χ1n) is 41.1. The summed E-state index contributed by atoms with van der Waals surface area (Å²) in [4.78, 5) is 118. The first-order valence-corrected chi connectivity index (χ1v) is 48.4. The van der Waals surface area contributed by atoms with Crippen molar-refractivity contribution in [2.24, 2.45) is 11.8 Å². The van der Waals surface area contributed by atoms with E-state index in [4.69, 9.17) is 107 Å². The maximum atomic E-state index is 12.9. The number of ether oxygens (including phenoxy) is 10. The highest BCUT2D eigenvalue weighted by atomic mass is 32.2. The Balaban J connectivity index is 0.000000584. The second-order valence-electron chi connectivity index (χ2n) is 29.9. The van der Waals surface area contributed by atoms with Crippen LogP contribution < -0.4 is 23.7 Å². The number of aryl methyl sites for hydroxylation is 5. The van der Waals surface area contributed by atoms with Crippen molar-refractivity contribution in [3.05, 3.63) is 156 Å².